The van der Waals surface area contributed by atoms with Crippen LogP contribution in [0.4, 0.5) is 15.8 Å². The molecule has 0 fully saturated rings. The van der Waals surface area contributed by atoms with Gasteiger partial charge in [0.15, 0.2) is 0 Å². The summed E-state index contributed by atoms with van der Waals surface area (Å²) in [6.45, 7) is 5.99. The highest BCUT2D eigenvalue weighted by Crippen LogP contribution is 2.33. The third-order valence-electron chi connectivity index (χ3n) is 5.50. The fourth-order valence-corrected chi connectivity index (χ4v) is 4.25. The lowest BCUT2D eigenvalue weighted by Gasteiger charge is -2.21. The summed E-state index contributed by atoms with van der Waals surface area (Å²) >= 11 is 12.5. The molecule has 2 heterocycles. The van der Waals surface area contributed by atoms with Crippen molar-refractivity contribution in [3.63, 3.8) is 0 Å². The molecule has 1 aliphatic carbocycles. The number of halogens is 3. The standard InChI is InChI=1S/C27H22Cl2FN5/c1-15(2)32-23-13-27-25(12-22(23)33-18-6-4-16(3)31-14-18)34-24-10-17(30)5-9-26(24)35(27)19-7-8-20(28)21(29)11-19/h4-15,33H,1-3H3. The SMILES string of the molecule is Cc1ccc(Nc2cc3nc4cc(F)ccc4n(-c4ccc(Cl)c(Cl)c4)c-3cc2=NC(C)C)cn1. The second-order valence-corrected chi connectivity index (χ2v) is 9.39. The maximum Gasteiger partial charge on any atom is 0.125 e. The van der Waals surface area contributed by atoms with Crippen LogP contribution in [0.15, 0.2) is 71.9 Å². The first-order valence-corrected chi connectivity index (χ1v) is 11.9. The monoisotopic (exact) mass is 505 g/mol. The average molecular weight is 506 g/mol. The van der Waals surface area contributed by atoms with Gasteiger partial charge in [0.2, 0.25) is 0 Å². The van der Waals surface area contributed by atoms with Gasteiger partial charge in [-0.1, -0.05) is 23.2 Å². The molecule has 0 radical (unpaired) electrons. The summed E-state index contributed by atoms with van der Waals surface area (Å²) in [6.07, 6.45) is 1.78. The Kier molecular flexibility index (Phi) is 6.17. The largest absolute Gasteiger partial charge is 0.352 e. The van der Waals surface area contributed by atoms with Gasteiger partial charge in [0.05, 0.1) is 55.4 Å². The van der Waals surface area contributed by atoms with Gasteiger partial charge in [-0.15, -0.1) is 0 Å². The van der Waals surface area contributed by atoms with E-state index in [0.717, 1.165) is 39.3 Å². The lowest BCUT2D eigenvalue weighted by Crippen LogP contribution is -2.16. The summed E-state index contributed by atoms with van der Waals surface area (Å²) in [5.41, 5.74) is 6.03. The van der Waals surface area contributed by atoms with Crippen molar-refractivity contribution < 1.29 is 4.39 Å². The van der Waals surface area contributed by atoms with E-state index in [-0.39, 0.29) is 11.9 Å². The first-order chi connectivity index (χ1) is 16.8. The van der Waals surface area contributed by atoms with E-state index in [1.165, 1.54) is 12.1 Å². The van der Waals surface area contributed by atoms with Gasteiger partial charge in [-0.25, -0.2) is 9.37 Å². The van der Waals surface area contributed by atoms with Crippen molar-refractivity contribution >= 4 is 45.6 Å². The van der Waals surface area contributed by atoms with Gasteiger partial charge in [-0.05, 0) is 75.4 Å². The maximum absolute atomic E-state index is 14.2. The number of hydrogen-bond acceptors (Lipinski definition) is 4. The zero-order valence-electron chi connectivity index (χ0n) is 19.4. The molecule has 5 nitrogen and oxygen atoms in total. The molecule has 5 rings (SSSR count). The second-order valence-electron chi connectivity index (χ2n) is 8.57. The predicted octanol–water partition coefficient (Wildman–Crippen LogP) is 7.33. The Hall–Kier alpha value is -3.48. The van der Waals surface area contributed by atoms with E-state index < -0.39 is 0 Å². The molecular formula is C27H22Cl2FN5. The molecule has 35 heavy (non-hydrogen) atoms. The van der Waals surface area contributed by atoms with Gasteiger partial charge in [0, 0.05) is 23.5 Å². The summed E-state index contributed by atoms with van der Waals surface area (Å²) in [6, 6.07) is 17.8. The Labute approximate surface area is 212 Å². The van der Waals surface area contributed by atoms with Crippen molar-refractivity contribution in [1.82, 2.24) is 14.5 Å². The number of pyridine rings is 1. The summed E-state index contributed by atoms with van der Waals surface area (Å²) < 4.78 is 16.2. The van der Waals surface area contributed by atoms with E-state index in [9.17, 15) is 4.39 Å². The summed E-state index contributed by atoms with van der Waals surface area (Å²) in [5, 5.41) is 5.07. The molecule has 2 aromatic carbocycles. The van der Waals surface area contributed by atoms with E-state index in [0.29, 0.717) is 21.3 Å². The van der Waals surface area contributed by atoms with Crippen LogP contribution in [0.1, 0.15) is 19.5 Å². The molecule has 3 aromatic rings. The molecule has 0 atom stereocenters. The second kappa shape index (κ2) is 9.29. The molecule has 1 aliphatic heterocycles. The van der Waals surface area contributed by atoms with Gasteiger partial charge in [-0.3, -0.25) is 9.98 Å². The molecule has 0 unspecified atom stereocenters. The van der Waals surface area contributed by atoms with E-state index in [2.05, 4.69) is 10.3 Å². The molecule has 1 N–H and O–H groups in total. The molecular weight excluding hydrogens is 484 g/mol. The van der Waals surface area contributed by atoms with Crippen LogP contribution in [0.5, 0.6) is 0 Å². The van der Waals surface area contributed by atoms with Crippen LogP contribution in [0.3, 0.4) is 0 Å². The minimum Gasteiger partial charge on any atom is -0.352 e. The van der Waals surface area contributed by atoms with Crippen molar-refractivity contribution in [2.24, 2.45) is 4.99 Å². The number of fused-ring (bicyclic) bond motifs is 2. The number of aromatic nitrogens is 3. The van der Waals surface area contributed by atoms with Crippen LogP contribution in [0.25, 0.3) is 28.1 Å². The molecule has 176 valence electrons. The summed E-state index contributed by atoms with van der Waals surface area (Å²) in [5.74, 6) is -0.361. The van der Waals surface area contributed by atoms with Crippen LogP contribution >= 0.6 is 23.2 Å². The fraction of sp³-hybridized carbons (Fsp3) is 0.148. The Bertz CT molecular complexity index is 1590. The van der Waals surface area contributed by atoms with Gasteiger partial charge in [0.25, 0.3) is 0 Å². The maximum atomic E-state index is 14.2. The van der Waals surface area contributed by atoms with Crippen LogP contribution in [-0.4, -0.2) is 20.6 Å². The number of rotatable bonds is 4. The first-order valence-electron chi connectivity index (χ1n) is 11.1. The third kappa shape index (κ3) is 4.72. The zero-order valence-corrected chi connectivity index (χ0v) is 20.9. The normalized spacial score (nSPS) is 12.1. The number of benzene rings is 3. The molecule has 0 amide bonds. The predicted molar refractivity (Wildman–Crippen MR) is 141 cm³/mol. The third-order valence-corrected chi connectivity index (χ3v) is 6.24. The molecule has 0 saturated heterocycles. The Morgan fingerprint density at radius 3 is 2.51 bits per heavy atom. The number of hydrogen-bond donors (Lipinski definition) is 1. The van der Waals surface area contributed by atoms with E-state index in [1.807, 2.05) is 55.7 Å². The molecule has 0 bridgehead atoms. The average Bonchev–Trinajstić information content (AvgIpc) is 2.81. The lowest BCUT2D eigenvalue weighted by atomic mass is 10.1. The first kappa shape index (κ1) is 23.3. The quantitative estimate of drug-likeness (QED) is 0.260. The van der Waals surface area contributed by atoms with Crippen molar-refractivity contribution in [1.29, 1.82) is 0 Å². The topological polar surface area (TPSA) is 55.1 Å². The molecule has 0 spiro atoms. The number of aryl methyl sites for hydroxylation is 1. The number of nitrogens with zero attached hydrogens (tertiary/aromatic N) is 4. The highest BCUT2D eigenvalue weighted by molar-refractivity contribution is 6.42. The zero-order chi connectivity index (χ0) is 24.7. The van der Waals surface area contributed by atoms with Crippen LogP contribution in [-0.2, 0) is 0 Å². The van der Waals surface area contributed by atoms with Gasteiger partial charge in [0.1, 0.15) is 5.82 Å². The Balaban J connectivity index is 1.83. The van der Waals surface area contributed by atoms with Gasteiger partial charge >= 0.3 is 0 Å². The van der Waals surface area contributed by atoms with Crippen LogP contribution in [0.2, 0.25) is 10.0 Å². The van der Waals surface area contributed by atoms with Gasteiger partial charge < -0.3 is 9.88 Å². The molecule has 0 saturated carbocycles. The van der Waals surface area contributed by atoms with Crippen molar-refractivity contribution in [3.8, 4) is 17.1 Å². The highest BCUT2D eigenvalue weighted by atomic mass is 35.5. The van der Waals surface area contributed by atoms with Crippen LogP contribution < -0.4 is 10.7 Å². The summed E-state index contributed by atoms with van der Waals surface area (Å²) in [7, 11) is 0. The van der Waals surface area contributed by atoms with E-state index >= 15 is 0 Å². The molecule has 8 heteroatoms. The number of nitrogens with one attached hydrogen (secondary N) is 1. The molecule has 2 aliphatic rings. The highest BCUT2D eigenvalue weighted by Gasteiger charge is 2.18. The van der Waals surface area contributed by atoms with Crippen molar-refractivity contribution in [3.05, 3.63) is 93.8 Å². The van der Waals surface area contributed by atoms with E-state index in [4.69, 9.17) is 33.2 Å². The Morgan fingerprint density at radius 1 is 0.971 bits per heavy atom. The molecule has 1 aromatic heterocycles. The summed E-state index contributed by atoms with van der Waals surface area (Å²) in [4.78, 5) is 14.0. The lowest BCUT2D eigenvalue weighted by molar-refractivity contribution is 0.629. The minimum atomic E-state index is -0.361. The van der Waals surface area contributed by atoms with Crippen molar-refractivity contribution in [2.45, 2.75) is 26.8 Å². The Morgan fingerprint density at radius 2 is 1.80 bits per heavy atom. The van der Waals surface area contributed by atoms with Crippen LogP contribution in [0, 0.1) is 12.7 Å². The van der Waals surface area contributed by atoms with E-state index in [1.54, 1.807) is 24.4 Å². The fourth-order valence-electron chi connectivity index (χ4n) is 3.95. The smallest absolute Gasteiger partial charge is 0.125 e. The van der Waals surface area contributed by atoms with Crippen molar-refractivity contribution in [2.75, 3.05) is 5.32 Å². The number of anilines is 2. The minimum absolute atomic E-state index is 0.0603. The van der Waals surface area contributed by atoms with Gasteiger partial charge in [-0.2, -0.15) is 0 Å².